The van der Waals surface area contributed by atoms with Crippen LogP contribution in [-0.2, 0) is 14.3 Å². The molecular weight excluding hydrogens is 448 g/mol. The zero-order valence-corrected chi connectivity index (χ0v) is 20.2. The Labute approximate surface area is 205 Å². The third kappa shape index (κ3) is 5.33. The highest BCUT2D eigenvalue weighted by molar-refractivity contribution is 6.46. The number of morpholine rings is 1. The molecule has 2 aromatic rings. The van der Waals surface area contributed by atoms with Gasteiger partial charge in [-0.25, -0.2) is 0 Å². The molecule has 2 fully saturated rings. The molecule has 1 atom stereocenters. The first-order chi connectivity index (χ1) is 17.0. The van der Waals surface area contributed by atoms with Gasteiger partial charge in [0, 0.05) is 5.57 Å². The molecular formula is C27H32N2O6. The number of ether oxygens (including phenoxy) is 3. The van der Waals surface area contributed by atoms with Crippen molar-refractivity contribution in [2.45, 2.75) is 19.4 Å². The van der Waals surface area contributed by atoms with Crippen LogP contribution in [0.25, 0.3) is 5.76 Å². The molecule has 2 aliphatic heterocycles. The van der Waals surface area contributed by atoms with E-state index in [0.717, 1.165) is 19.5 Å². The predicted molar refractivity (Wildman–Crippen MR) is 128 cm³/mol. The fourth-order valence-corrected chi connectivity index (χ4v) is 4.57. The smallest absolute Gasteiger partial charge is 0.295 e. The third-order valence-electron chi connectivity index (χ3n) is 6.44. The Morgan fingerprint density at radius 1 is 1.11 bits per heavy atom. The monoisotopic (exact) mass is 480 g/mol. The Morgan fingerprint density at radius 2 is 1.86 bits per heavy atom. The second-order valence-electron chi connectivity index (χ2n) is 8.71. The van der Waals surface area contributed by atoms with Crippen LogP contribution in [0.3, 0.4) is 0 Å². The molecule has 1 amide bonds. The highest BCUT2D eigenvalue weighted by atomic mass is 16.5. The molecule has 8 heteroatoms. The van der Waals surface area contributed by atoms with Crippen molar-refractivity contribution in [2.75, 3.05) is 53.1 Å². The zero-order chi connectivity index (χ0) is 24.8. The van der Waals surface area contributed by atoms with Gasteiger partial charge in [-0.05, 0) is 29.7 Å². The maximum Gasteiger partial charge on any atom is 0.295 e. The Balaban J connectivity index is 1.74. The zero-order valence-electron chi connectivity index (χ0n) is 20.2. The summed E-state index contributed by atoms with van der Waals surface area (Å²) >= 11 is 0. The summed E-state index contributed by atoms with van der Waals surface area (Å²) < 4.78 is 16.7. The highest BCUT2D eigenvalue weighted by Gasteiger charge is 2.44. The van der Waals surface area contributed by atoms with Crippen LogP contribution in [0, 0.1) is 0 Å². The Morgan fingerprint density at radius 3 is 2.54 bits per heavy atom. The first-order valence-corrected chi connectivity index (χ1v) is 12.1. The number of quaternary nitrogens is 1. The number of nitrogens with one attached hydrogen (secondary N) is 1. The van der Waals surface area contributed by atoms with Crippen molar-refractivity contribution in [3.8, 4) is 11.5 Å². The molecule has 0 aromatic heterocycles. The molecule has 8 nitrogen and oxygen atoms in total. The van der Waals surface area contributed by atoms with E-state index >= 15 is 0 Å². The van der Waals surface area contributed by atoms with Gasteiger partial charge in [-0.2, -0.15) is 0 Å². The fourth-order valence-electron chi connectivity index (χ4n) is 4.57. The average Bonchev–Trinajstić information content (AvgIpc) is 3.16. The summed E-state index contributed by atoms with van der Waals surface area (Å²) in [6, 6.07) is 13.1. The number of hydrogen-bond acceptors (Lipinski definition) is 6. The van der Waals surface area contributed by atoms with E-state index < -0.39 is 23.5 Å². The van der Waals surface area contributed by atoms with Crippen LogP contribution in [0.1, 0.15) is 30.5 Å². The lowest BCUT2D eigenvalue weighted by Crippen LogP contribution is -3.14. The van der Waals surface area contributed by atoms with Gasteiger partial charge in [0.1, 0.15) is 13.1 Å². The minimum Gasteiger partial charge on any atom is -0.872 e. The largest absolute Gasteiger partial charge is 0.872 e. The predicted octanol–water partition coefficient (Wildman–Crippen LogP) is 0.623. The quantitative estimate of drug-likeness (QED) is 0.322. The summed E-state index contributed by atoms with van der Waals surface area (Å²) in [5.74, 6) is -0.749. The van der Waals surface area contributed by atoms with Crippen molar-refractivity contribution in [1.82, 2.24) is 4.90 Å². The molecule has 0 bridgehead atoms. The lowest BCUT2D eigenvalue weighted by molar-refractivity contribution is -0.907. The van der Waals surface area contributed by atoms with E-state index in [0.29, 0.717) is 55.5 Å². The first-order valence-electron chi connectivity index (χ1n) is 12.1. The molecule has 2 heterocycles. The topological polar surface area (TPSA) is 92.6 Å². The number of ketones is 1. The summed E-state index contributed by atoms with van der Waals surface area (Å²) in [5.41, 5.74) is 0.993. The van der Waals surface area contributed by atoms with Gasteiger partial charge in [-0.1, -0.05) is 49.1 Å². The number of hydrogen-bond donors (Lipinski definition) is 1. The number of methoxy groups -OCH3 is 1. The van der Waals surface area contributed by atoms with Crippen molar-refractivity contribution in [3.63, 3.8) is 0 Å². The van der Waals surface area contributed by atoms with E-state index in [-0.39, 0.29) is 5.57 Å². The second kappa shape index (κ2) is 11.4. The molecule has 4 rings (SSSR count). The molecule has 2 aromatic carbocycles. The highest BCUT2D eigenvalue weighted by Crippen LogP contribution is 2.41. The van der Waals surface area contributed by atoms with Gasteiger partial charge in [0.25, 0.3) is 5.91 Å². The van der Waals surface area contributed by atoms with Crippen LogP contribution in [0.2, 0.25) is 0 Å². The standard InChI is InChI=1S/C27H32N2O6/c1-3-15-35-21-10-9-20(18-22(21)33-2)24-23(25(30)19-7-5-4-6-8-19)26(31)27(32)29(24)12-11-28-13-16-34-17-14-28/h4-10,18,24,30H,3,11-17H2,1-2H3/b25-23+. The lowest BCUT2D eigenvalue weighted by atomic mass is 9.95. The van der Waals surface area contributed by atoms with Gasteiger partial charge < -0.3 is 29.1 Å². The van der Waals surface area contributed by atoms with Crippen LogP contribution < -0.4 is 19.5 Å². The molecule has 0 aliphatic carbocycles. The molecule has 0 radical (unpaired) electrons. The Bertz CT molecular complexity index is 1080. The molecule has 0 spiro atoms. The molecule has 0 saturated carbocycles. The maximum absolute atomic E-state index is 13.5. The van der Waals surface area contributed by atoms with Crippen molar-refractivity contribution >= 4 is 17.4 Å². The van der Waals surface area contributed by atoms with Crippen LogP contribution in [-0.4, -0.2) is 69.7 Å². The van der Waals surface area contributed by atoms with E-state index in [1.54, 1.807) is 55.6 Å². The molecule has 2 aliphatic rings. The van der Waals surface area contributed by atoms with E-state index in [2.05, 4.69) is 0 Å². The van der Waals surface area contributed by atoms with Gasteiger partial charge in [-0.15, -0.1) is 0 Å². The van der Waals surface area contributed by atoms with Gasteiger partial charge in [-0.3, -0.25) is 9.59 Å². The van der Waals surface area contributed by atoms with Crippen LogP contribution in [0.5, 0.6) is 11.5 Å². The van der Waals surface area contributed by atoms with Crippen LogP contribution in [0.4, 0.5) is 0 Å². The number of rotatable bonds is 9. The third-order valence-corrected chi connectivity index (χ3v) is 6.44. The Hall–Kier alpha value is -3.36. The fraction of sp³-hybridized carbons (Fsp3) is 0.407. The SMILES string of the molecule is CCCOc1ccc(C2/C(=C(\[O-])c3ccccc3)C(=O)C(=O)N2CC[NH+]2CCOCC2)cc1OC. The number of carbonyl (C=O) groups excluding carboxylic acids is 2. The summed E-state index contributed by atoms with van der Waals surface area (Å²) in [5, 5.41) is 13.5. The molecule has 186 valence electrons. The van der Waals surface area contributed by atoms with Crippen molar-refractivity contribution in [1.29, 1.82) is 0 Å². The summed E-state index contributed by atoms with van der Waals surface area (Å²) in [7, 11) is 1.54. The van der Waals surface area contributed by atoms with Gasteiger partial charge in [0.15, 0.2) is 11.5 Å². The molecule has 2 saturated heterocycles. The summed E-state index contributed by atoms with van der Waals surface area (Å²) in [6.07, 6.45) is 0.845. The number of Topliss-reactive ketones (excluding diaryl/α,β-unsaturated/α-hetero) is 1. The normalized spacial score (nSPS) is 20.3. The van der Waals surface area contributed by atoms with E-state index in [4.69, 9.17) is 14.2 Å². The van der Waals surface area contributed by atoms with Crippen molar-refractivity contribution in [2.24, 2.45) is 0 Å². The van der Waals surface area contributed by atoms with Crippen molar-refractivity contribution < 1.29 is 33.8 Å². The molecule has 35 heavy (non-hydrogen) atoms. The van der Waals surface area contributed by atoms with E-state index in [1.165, 1.54) is 9.80 Å². The Kier molecular flexibility index (Phi) is 8.05. The minimum absolute atomic E-state index is 0.0255. The minimum atomic E-state index is -0.794. The number of nitrogens with zero attached hydrogens (tertiary/aromatic N) is 1. The lowest BCUT2D eigenvalue weighted by Gasteiger charge is -2.30. The van der Waals surface area contributed by atoms with Crippen LogP contribution >= 0.6 is 0 Å². The number of amides is 1. The number of carbonyl (C=O) groups is 2. The van der Waals surface area contributed by atoms with Gasteiger partial charge >= 0.3 is 0 Å². The number of benzene rings is 2. The van der Waals surface area contributed by atoms with E-state index in [9.17, 15) is 14.7 Å². The van der Waals surface area contributed by atoms with Crippen LogP contribution in [0.15, 0.2) is 54.1 Å². The molecule has 1 unspecified atom stereocenters. The summed E-state index contributed by atoms with van der Waals surface area (Å²) in [4.78, 5) is 29.2. The molecule has 1 N–H and O–H groups in total. The summed E-state index contributed by atoms with van der Waals surface area (Å²) in [6.45, 7) is 6.61. The number of likely N-dealkylation sites (tertiary alicyclic amines) is 1. The first kappa shape index (κ1) is 24.8. The van der Waals surface area contributed by atoms with E-state index in [1.807, 2.05) is 6.92 Å². The van der Waals surface area contributed by atoms with Gasteiger partial charge in [0.05, 0.1) is 46.1 Å². The maximum atomic E-state index is 13.5. The van der Waals surface area contributed by atoms with Gasteiger partial charge in [0.2, 0.25) is 5.78 Å². The average molecular weight is 481 g/mol. The second-order valence-corrected chi connectivity index (χ2v) is 8.71. The van der Waals surface area contributed by atoms with Crippen molar-refractivity contribution in [3.05, 3.63) is 65.2 Å².